The molecule has 2 aliphatic heterocycles. The van der Waals surface area contributed by atoms with Gasteiger partial charge in [-0.25, -0.2) is 4.79 Å². The van der Waals surface area contributed by atoms with Gasteiger partial charge < -0.3 is 5.32 Å². The molecule has 0 aliphatic carbocycles. The van der Waals surface area contributed by atoms with Gasteiger partial charge in [0.1, 0.15) is 5.69 Å². The van der Waals surface area contributed by atoms with E-state index in [9.17, 15) is 19.2 Å². The number of carbonyl (C=O) groups is 4. The molecule has 0 spiro atoms. The van der Waals surface area contributed by atoms with E-state index in [1.165, 1.54) is 18.3 Å². The van der Waals surface area contributed by atoms with E-state index in [4.69, 9.17) is 0 Å². The number of fused-ring (bicyclic) bond motifs is 1. The van der Waals surface area contributed by atoms with Crippen LogP contribution in [0.2, 0.25) is 0 Å². The maximum Gasteiger partial charge on any atom is 0.325 e. The van der Waals surface area contributed by atoms with Crippen molar-refractivity contribution in [1.82, 2.24) is 20.5 Å². The molecule has 1 unspecified atom stereocenters. The number of imide groups is 2. The molecule has 20 heavy (non-hydrogen) atoms. The summed E-state index contributed by atoms with van der Waals surface area (Å²) in [7, 11) is 0. The van der Waals surface area contributed by atoms with E-state index in [0.717, 1.165) is 4.90 Å². The second-order valence-corrected chi connectivity index (χ2v) is 4.25. The van der Waals surface area contributed by atoms with Crippen molar-refractivity contribution < 1.29 is 19.2 Å². The number of hydrogen-bond acceptors (Lipinski definition) is 5. The summed E-state index contributed by atoms with van der Waals surface area (Å²) in [4.78, 5) is 51.9. The lowest BCUT2D eigenvalue weighted by Crippen LogP contribution is -2.60. The minimum absolute atomic E-state index is 0.0185. The van der Waals surface area contributed by atoms with Gasteiger partial charge in [-0.3, -0.25) is 29.6 Å². The first-order valence-corrected chi connectivity index (χ1v) is 5.64. The summed E-state index contributed by atoms with van der Waals surface area (Å²) in [6.07, 6.45) is 1.38. The lowest BCUT2D eigenvalue weighted by Gasteiger charge is -2.30. The molecule has 0 aromatic carbocycles. The zero-order valence-electron chi connectivity index (χ0n) is 10.0. The van der Waals surface area contributed by atoms with E-state index in [0.29, 0.717) is 0 Å². The predicted molar refractivity (Wildman–Crippen MR) is 64.3 cm³/mol. The van der Waals surface area contributed by atoms with Gasteiger partial charge in [0, 0.05) is 11.9 Å². The van der Waals surface area contributed by atoms with Crippen molar-refractivity contribution in [3.63, 3.8) is 0 Å². The Hall–Kier alpha value is -3.03. The molecule has 0 saturated carbocycles. The fraction of sp³-hybridized carbons (Fsp3) is 0.0833. The standard InChI is InChI=1S/C12H8N4O4/c1-5-8(9(17)15-12(20)14-5)16-10(18)6-3-2-4-13-7(6)11(16)19/h2-4,8H,1H2,(H2,14,15,17,20). The zero-order valence-corrected chi connectivity index (χ0v) is 10.0. The van der Waals surface area contributed by atoms with Crippen LogP contribution in [0.1, 0.15) is 20.8 Å². The summed E-state index contributed by atoms with van der Waals surface area (Å²) in [5, 5.41) is 4.26. The highest BCUT2D eigenvalue weighted by Gasteiger charge is 2.46. The lowest BCUT2D eigenvalue weighted by molar-refractivity contribution is -0.123. The quantitative estimate of drug-likeness (QED) is 0.663. The minimum Gasteiger partial charge on any atom is -0.309 e. The fourth-order valence-electron chi connectivity index (χ4n) is 2.18. The largest absolute Gasteiger partial charge is 0.325 e. The van der Waals surface area contributed by atoms with Gasteiger partial charge in [0.2, 0.25) is 0 Å². The lowest BCUT2D eigenvalue weighted by atomic mass is 10.1. The van der Waals surface area contributed by atoms with Gasteiger partial charge >= 0.3 is 6.03 Å². The Kier molecular flexibility index (Phi) is 2.40. The van der Waals surface area contributed by atoms with Crippen LogP contribution in [-0.2, 0) is 4.79 Å². The first-order chi connectivity index (χ1) is 9.50. The monoisotopic (exact) mass is 272 g/mol. The molecule has 1 atom stereocenters. The first kappa shape index (κ1) is 12.0. The van der Waals surface area contributed by atoms with Crippen LogP contribution in [0.5, 0.6) is 0 Å². The van der Waals surface area contributed by atoms with Crippen LogP contribution in [0.3, 0.4) is 0 Å². The van der Waals surface area contributed by atoms with E-state index in [-0.39, 0.29) is 17.0 Å². The molecule has 2 aliphatic rings. The van der Waals surface area contributed by atoms with Crippen molar-refractivity contribution in [1.29, 1.82) is 0 Å². The molecule has 3 rings (SSSR count). The van der Waals surface area contributed by atoms with E-state index in [1.807, 2.05) is 5.32 Å². The molecular formula is C12H8N4O4. The van der Waals surface area contributed by atoms with Gasteiger partial charge in [-0.2, -0.15) is 0 Å². The maximum absolute atomic E-state index is 12.2. The van der Waals surface area contributed by atoms with Crippen molar-refractivity contribution >= 4 is 23.8 Å². The normalized spacial score (nSPS) is 21.7. The molecule has 8 nitrogen and oxygen atoms in total. The Bertz CT molecular complexity index is 641. The molecule has 1 aromatic heterocycles. The summed E-state index contributed by atoms with van der Waals surface area (Å²) in [6.45, 7) is 3.51. The Morgan fingerprint density at radius 1 is 1.15 bits per heavy atom. The fourth-order valence-corrected chi connectivity index (χ4v) is 2.18. The van der Waals surface area contributed by atoms with Gasteiger partial charge in [0.15, 0.2) is 6.04 Å². The number of nitrogens with one attached hydrogen (secondary N) is 2. The molecule has 0 radical (unpaired) electrons. The SMILES string of the molecule is C=C1NC(=O)NC(=O)C1N1C(=O)c2cccnc2C1=O. The number of amides is 5. The highest BCUT2D eigenvalue weighted by molar-refractivity contribution is 6.23. The second-order valence-electron chi connectivity index (χ2n) is 4.25. The molecule has 1 fully saturated rings. The van der Waals surface area contributed by atoms with Crippen molar-refractivity contribution in [2.45, 2.75) is 6.04 Å². The molecule has 3 heterocycles. The second kappa shape index (κ2) is 3.98. The number of rotatable bonds is 1. The molecule has 100 valence electrons. The first-order valence-electron chi connectivity index (χ1n) is 5.64. The average molecular weight is 272 g/mol. The Balaban J connectivity index is 2.03. The van der Waals surface area contributed by atoms with Gasteiger partial charge in [0.05, 0.1) is 5.56 Å². The molecule has 0 bridgehead atoms. The van der Waals surface area contributed by atoms with Crippen molar-refractivity contribution in [3.05, 3.63) is 41.9 Å². The van der Waals surface area contributed by atoms with Crippen LogP contribution in [0.25, 0.3) is 0 Å². The van der Waals surface area contributed by atoms with E-state index >= 15 is 0 Å². The smallest absolute Gasteiger partial charge is 0.309 e. The molecule has 8 heteroatoms. The van der Waals surface area contributed by atoms with Crippen molar-refractivity contribution in [2.24, 2.45) is 0 Å². The number of hydrogen-bond donors (Lipinski definition) is 2. The third-order valence-corrected chi connectivity index (χ3v) is 3.03. The summed E-state index contributed by atoms with van der Waals surface area (Å²) in [5.41, 5.74) is 0.0678. The van der Waals surface area contributed by atoms with E-state index < -0.39 is 29.8 Å². The van der Waals surface area contributed by atoms with Gasteiger partial charge in [-0.05, 0) is 12.1 Å². The van der Waals surface area contributed by atoms with Gasteiger partial charge in [-0.1, -0.05) is 6.58 Å². The predicted octanol–water partition coefficient (Wildman–Crippen LogP) is -0.601. The van der Waals surface area contributed by atoms with Crippen LogP contribution < -0.4 is 10.6 Å². The number of urea groups is 1. The molecule has 1 aromatic rings. The molecule has 5 amide bonds. The Morgan fingerprint density at radius 2 is 1.90 bits per heavy atom. The molecular weight excluding hydrogens is 264 g/mol. The third kappa shape index (κ3) is 1.51. The zero-order chi connectivity index (χ0) is 14.4. The molecule has 2 N–H and O–H groups in total. The number of pyridine rings is 1. The average Bonchev–Trinajstić information content (AvgIpc) is 2.64. The van der Waals surface area contributed by atoms with Crippen LogP contribution in [-0.4, -0.2) is 39.7 Å². The highest BCUT2D eigenvalue weighted by atomic mass is 16.2. The summed E-state index contributed by atoms with van der Waals surface area (Å²) in [6, 6.07) is 0.947. The van der Waals surface area contributed by atoms with E-state index in [1.54, 1.807) is 0 Å². The van der Waals surface area contributed by atoms with Gasteiger partial charge in [0.25, 0.3) is 17.7 Å². The summed E-state index contributed by atoms with van der Waals surface area (Å²) in [5.74, 6) is -2.12. The third-order valence-electron chi connectivity index (χ3n) is 3.03. The summed E-state index contributed by atoms with van der Waals surface area (Å²) < 4.78 is 0. The number of aromatic nitrogens is 1. The molecule has 1 saturated heterocycles. The van der Waals surface area contributed by atoms with Crippen molar-refractivity contribution in [2.75, 3.05) is 0 Å². The van der Waals surface area contributed by atoms with Crippen LogP contribution in [0.15, 0.2) is 30.6 Å². The van der Waals surface area contributed by atoms with Crippen LogP contribution in [0, 0.1) is 0 Å². The highest BCUT2D eigenvalue weighted by Crippen LogP contribution is 2.25. The van der Waals surface area contributed by atoms with Crippen molar-refractivity contribution in [3.8, 4) is 0 Å². The number of carbonyl (C=O) groups excluding carboxylic acids is 4. The van der Waals surface area contributed by atoms with Crippen LogP contribution in [0.4, 0.5) is 4.79 Å². The maximum atomic E-state index is 12.2. The van der Waals surface area contributed by atoms with Crippen LogP contribution >= 0.6 is 0 Å². The minimum atomic E-state index is -1.28. The van der Waals surface area contributed by atoms with E-state index in [2.05, 4.69) is 16.9 Å². The Morgan fingerprint density at radius 3 is 2.55 bits per heavy atom. The summed E-state index contributed by atoms with van der Waals surface area (Å²) >= 11 is 0. The Labute approximate surface area is 112 Å². The topological polar surface area (TPSA) is 108 Å². The van der Waals surface area contributed by atoms with Gasteiger partial charge in [-0.15, -0.1) is 0 Å². The number of nitrogens with zero attached hydrogens (tertiary/aromatic N) is 2.